The van der Waals surface area contributed by atoms with E-state index in [1.54, 1.807) is 0 Å². The van der Waals surface area contributed by atoms with Crippen LogP contribution in [0.2, 0.25) is 0 Å². The molecule has 1 aromatic rings. The molecule has 1 fully saturated rings. The van der Waals surface area contributed by atoms with Crippen molar-refractivity contribution in [3.05, 3.63) is 35.9 Å². The third kappa shape index (κ3) is 1.46. The minimum absolute atomic E-state index is 0.193. The normalized spacial score (nSPS) is 19.5. The van der Waals surface area contributed by atoms with Crippen molar-refractivity contribution >= 4 is 16.8 Å². The summed E-state index contributed by atoms with van der Waals surface area (Å²) in [4.78, 5) is 11.5. The van der Waals surface area contributed by atoms with Crippen LogP contribution >= 0.6 is 11.6 Å². The van der Waals surface area contributed by atoms with Crippen LogP contribution in [-0.4, -0.2) is 5.24 Å². The summed E-state index contributed by atoms with van der Waals surface area (Å²) in [6, 6.07) is 9.91. The van der Waals surface area contributed by atoms with E-state index in [4.69, 9.17) is 11.6 Å². The lowest BCUT2D eigenvalue weighted by molar-refractivity contribution is -0.116. The molecule has 1 nitrogen and oxygen atoms in total. The molecule has 2 rings (SSSR count). The molecule has 14 heavy (non-hydrogen) atoms. The first kappa shape index (κ1) is 9.72. The van der Waals surface area contributed by atoms with Gasteiger partial charge in [0.1, 0.15) is 0 Å². The van der Waals surface area contributed by atoms with Crippen LogP contribution in [0, 0.1) is 0 Å². The zero-order chi connectivity index (χ0) is 10.0. The van der Waals surface area contributed by atoms with E-state index in [0.29, 0.717) is 0 Å². The van der Waals surface area contributed by atoms with E-state index in [0.717, 1.165) is 31.2 Å². The number of hydrogen-bond acceptors (Lipinski definition) is 1. The Labute approximate surface area is 89.1 Å². The van der Waals surface area contributed by atoms with Crippen molar-refractivity contribution in [2.75, 3.05) is 0 Å². The van der Waals surface area contributed by atoms with Crippen LogP contribution < -0.4 is 0 Å². The molecular formula is C12H13ClO. The highest BCUT2D eigenvalue weighted by molar-refractivity contribution is 6.65. The van der Waals surface area contributed by atoms with Gasteiger partial charge in [0.2, 0.25) is 5.24 Å². The van der Waals surface area contributed by atoms with Gasteiger partial charge in [0.15, 0.2) is 0 Å². The SMILES string of the molecule is O=C(Cl)C1(c2ccccc2)CCCC1. The van der Waals surface area contributed by atoms with E-state index in [2.05, 4.69) is 0 Å². The average Bonchev–Trinajstić information content (AvgIpc) is 2.69. The maximum Gasteiger partial charge on any atom is 0.232 e. The molecular weight excluding hydrogens is 196 g/mol. The van der Waals surface area contributed by atoms with Gasteiger partial charge in [-0.3, -0.25) is 4.79 Å². The second-order valence-corrected chi connectivity index (χ2v) is 4.27. The minimum atomic E-state index is -0.386. The van der Waals surface area contributed by atoms with Crippen LogP contribution in [0.3, 0.4) is 0 Å². The van der Waals surface area contributed by atoms with Crippen molar-refractivity contribution in [3.8, 4) is 0 Å². The number of carbonyl (C=O) groups excluding carboxylic acids is 1. The van der Waals surface area contributed by atoms with Crippen molar-refractivity contribution < 1.29 is 4.79 Å². The summed E-state index contributed by atoms with van der Waals surface area (Å²) in [5.74, 6) is 0. The summed E-state index contributed by atoms with van der Waals surface area (Å²) in [7, 11) is 0. The molecule has 0 amide bonds. The molecule has 0 spiro atoms. The average molecular weight is 209 g/mol. The Bertz CT molecular complexity index is 325. The van der Waals surface area contributed by atoms with Crippen LogP contribution in [0.15, 0.2) is 30.3 Å². The van der Waals surface area contributed by atoms with Crippen LogP contribution in [0.1, 0.15) is 31.2 Å². The second kappa shape index (κ2) is 3.74. The van der Waals surface area contributed by atoms with Crippen LogP contribution in [-0.2, 0) is 10.2 Å². The molecule has 0 N–H and O–H groups in total. The fraction of sp³-hybridized carbons (Fsp3) is 0.417. The third-order valence-electron chi connectivity index (χ3n) is 3.16. The first-order valence-electron chi connectivity index (χ1n) is 5.01. The lowest BCUT2D eigenvalue weighted by Crippen LogP contribution is -2.29. The fourth-order valence-electron chi connectivity index (χ4n) is 2.33. The highest BCUT2D eigenvalue weighted by Gasteiger charge is 2.41. The highest BCUT2D eigenvalue weighted by Crippen LogP contribution is 2.42. The lowest BCUT2D eigenvalue weighted by Gasteiger charge is -2.24. The molecule has 1 saturated carbocycles. The summed E-state index contributed by atoms with van der Waals surface area (Å²) in [5.41, 5.74) is 0.695. The molecule has 1 aliphatic rings. The molecule has 0 atom stereocenters. The molecule has 0 heterocycles. The van der Waals surface area contributed by atoms with E-state index in [1.807, 2.05) is 30.3 Å². The molecule has 74 valence electrons. The molecule has 1 aromatic carbocycles. The van der Waals surface area contributed by atoms with Gasteiger partial charge in [-0.05, 0) is 30.0 Å². The first-order chi connectivity index (χ1) is 6.76. The number of benzene rings is 1. The largest absolute Gasteiger partial charge is 0.280 e. The van der Waals surface area contributed by atoms with Gasteiger partial charge in [0, 0.05) is 0 Å². The smallest absolute Gasteiger partial charge is 0.232 e. The van der Waals surface area contributed by atoms with Gasteiger partial charge in [-0.25, -0.2) is 0 Å². The minimum Gasteiger partial charge on any atom is -0.280 e. The molecule has 0 radical (unpaired) electrons. The standard InChI is InChI=1S/C12H13ClO/c13-11(14)12(8-4-5-9-12)10-6-2-1-3-7-10/h1-3,6-7H,4-5,8-9H2. The predicted octanol–water partition coefficient (Wildman–Crippen LogP) is 3.26. The van der Waals surface area contributed by atoms with E-state index in [-0.39, 0.29) is 10.7 Å². The van der Waals surface area contributed by atoms with E-state index in [9.17, 15) is 4.79 Å². The Kier molecular flexibility index (Phi) is 2.60. The second-order valence-electron chi connectivity index (χ2n) is 3.93. The molecule has 2 heteroatoms. The number of halogens is 1. The van der Waals surface area contributed by atoms with Gasteiger partial charge in [0.25, 0.3) is 0 Å². The monoisotopic (exact) mass is 208 g/mol. The predicted molar refractivity (Wildman–Crippen MR) is 57.4 cm³/mol. The molecule has 0 aromatic heterocycles. The Morgan fingerprint density at radius 1 is 1.14 bits per heavy atom. The topological polar surface area (TPSA) is 17.1 Å². The van der Waals surface area contributed by atoms with E-state index >= 15 is 0 Å². The Morgan fingerprint density at radius 3 is 2.21 bits per heavy atom. The maximum atomic E-state index is 11.5. The van der Waals surface area contributed by atoms with Gasteiger partial charge in [-0.1, -0.05) is 43.2 Å². The van der Waals surface area contributed by atoms with E-state index < -0.39 is 0 Å². The number of hydrogen-bond donors (Lipinski definition) is 0. The Hall–Kier alpha value is -0.820. The number of rotatable bonds is 2. The van der Waals surface area contributed by atoms with Crippen molar-refractivity contribution in [2.24, 2.45) is 0 Å². The molecule has 0 unspecified atom stereocenters. The fourth-order valence-corrected chi connectivity index (χ4v) is 2.63. The summed E-state index contributed by atoms with van der Waals surface area (Å²) in [6.45, 7) is 0. The van der Waals surface area contributed by atoms with E-state index in [1.165, 1.54) is 0 Å². The Balaban J connectivity index is 2.42. The van der Waals surface area contributed by atoms with Gasteiger partial charge < -0.3 is 0 Å². The van der Waals surface area contributed by atoms with Gasteiger partial charge in [-0.2, -0.15) is 0 Å². The third-order valence-corrected chi connectivity index (χ3v) is 3.52. The first-order valence-corrected chi connectivity index (χ1v) is 5.39. The summed E-state index contributed by atoms with van der Waals surface area (Å²) in [5, 5.41) is -0.193. The maximum absolute atomic E-state index is 11.5. The molecule has 0 aliphatic heterocycles. The molecule has 0 bridgehead atoms. The highest BCUT2D eigenvalue weighted by atomic mass is 35.5. The van der Waals surface area contributed by atoms with Crippen LogP contribution in [0.25, 0.3) is 0 Å². The molecule has 0 saturated heterocycles. The van der Waals surface area contributed by atoms with Crippen molar-refractivity contribution in [3.63, 3.8) is 0 Å². The van der Waals surface area contributed by atoms with Gasteiger partial charge in [0.05, 0.1) is 5.41 Å². The van der Waals surface area contributed by atoms with Crippen LogP contribution in [0.4, 0.5) is 0 Å². The lowest BCUT2D eigenvalue weighted by atomic mass is 9.80. The van der Waals surface area contributed by atoms with Gasteiger partial charge >= 0.3 is 0 Å². The number of carbonyl (C=O) groups is 1. The van der Waals surface area contributed by atoms with Crippen molar-refractivity contribution in [1.82, 2.24) is 0 Å². The summed E-state index contributed by atoms with van der Waals surface area (Å²) < 4.78 is 0. The van der Waals surface area contributed by atoms with Gasteiger partial charge in [-0.15, -0.1) is 0 Å². The Morgan fingerprint density at radius 2 is 1.71 bits per heavy atom. The zero-order valence-electron chi connectivity index (χ0n) is 8.00. The van der Waals surface area contributed by atoms with Crippen molar-refractivity contribution in [2.45, 2.75) is 31.1 Å². The van der Waals surface area contributed by atoms with Crippen molar-refractivity contribution in [1.29, 1.82) is 0 Å². The zero-order valence-corrected chi connectivity index (χ0v) is 8.76. The quantitative estimate of drug-likeness (QED) is 0.682. The summed E-state index contributed by atoms with van der Waals surface area (Å²) >= 11 is 5.74. The summed E-state index contributed by atoms with van der Waals surface area (Å²) in [6.07, 6.45) is 4.01. The van der Waals surface area contributed by atoms with Crippen LogP contribution in [0.5, 0.6) is 0 Å². The molecule has 1 aliphatic carbocycles.